The van der Waals surface area contributed by atoms with Gasteiger partial charge in [-0.25, -0.2) is 0 Å². The highest BCUT2D eigenvalue weighted by Gasteiger charge is 2.40. The van der Waals surface area contributed by atoms with Crippen LogP contribution in [0.4, 0.5) is 0 Å². The van der Waals surface area contributed by atoms with E-state index >= 15 is 0 Å². The predicted octanol–water partition coefficient (Wildman–Crippen LogP) is 2.49. The minimum atomic E-state index is 0.566. The van der Waals surface area contributed by atoms with E-state index in [1.165, 1.54) is 38.8 Å². The molecule has 2 fully saturated rings. The van der Waals surface area contributed by atoms with Crippen molar-refractivity contribution in [3.63, 3.8) is 0 Å². The summed E-state index contributed by atoms with van der Waals surface area (Å²) in [7, 11) is 2.11. The van der Waals surface area contributed by atoms with Crippen molar-refractivity contribution >= 4 is 0 Å². The first-order valence-electron chi connectivity index (χ1n) is 6.93. The van der Waals surface area contributed by atoms with Gasteiger partial charge in [-0.3, -0.25) is 4.90 Å². The summed E-state index contributed by atoms with van der Waals surface area (Å²) in [4.78, 5) is 2.75. The Morgan fingerprint density at radius 3 is 2.56 bits per heavy atom. The maximum Gasteiger partial charge on any atom is 0.0192 e. The Kier molecular flexibility index (Phi) is 3.60. The lowest BCUT2D eigenvalue weighted by Gasteiger charge is -2.38. The molecular weight excluding hydrogens is 196 g/mol. The predicted molar refractivity (Wildman–Crippen MR) is 69.6 cm³/mol. The zero-order valence-electron chi connectivity index (χ0n) is 11.4. The molecule has 16 heavy (non-hydrogen) atoms. The molecule has 1 saturated carbocycles. The average molecular weight is 224 g/mol. The van der Waals surface area contributed by atoms with E-state index in [0.29, 0.717) is 5.41 Å². The first-order valence-corrected chi connectivity index (χ1v) is 6.93. The summed E-state index contributed by atoms with van der Waals surface area (Å²) in [6.07, 6.45) is 5.52. The molecule has 0 aromatic rings. The van der Waals surface area contributed by atoms with Crippen LogP contribution < -0.4 is 5.32 Å². The summed E-state index contributed by atoms with van der Waals surface area (Å²) in [6.45, 7) is 9.90. The highest BCUT2D eigenvalue weighted by Crippen LogP contribution is 2.43. The molecule has 2 aliphatic rings. The van der Waals surface area contributed by atoms with Gasteiger partial charge in [0, 0.05) is 18.6 Å². The standard InChI is InChI=1S/C14H28N2/c1-11-8-14(2,3)9-13(11)16-7-5-6-12(10-16)15-4/h11-13,15H,5-10H2,1-4H3. The van der Waals surface area contributed by atoms with Gasteiger partial charge in [0.2, 0.25) is 0 Å². The van der Waals surface area contributed by atoms with Gasteiger partial charge in [-0.2, -0.15) is 0 Å². The van der Waals surface area contributed by atoms with E-state index in [9.17, 15) is 0 Å². The maximum atomic E-state index is 3.45. The SMILES string of the molecule is CNC1CCCN(C2CC(C)(C)CC2C)C1. The van der Waals surface area contributed by atoms with Crippen LogP contribution in [0.3, 0.4) is 0 Å². The van der Waals surface area contributed by atoms with Crippen LogP contribution in [0, 0.1) is 11.3 Å². The van der Waals surface area contributed by atoms with Gasteiger partial charge in [-0.1, -0.05) is 20.8 Å². The zero-order valence-corrected chi connectivity index (χ0v) is 11.4. The monoisotopic (exact) mass is 224 g/mol. The van der Waals surface area contributed by atoms with Gasteiger partial charge in [-0.05, 0) is 50.6 Å². The van der Waals surface area contributed by atoms with Crippen molar-refractivity contribution in [2.75, 3.05) is 20.1 Å². The second-order valence-corrected chi connectivity index (χ2v) is 6.74. The number of rotatable bonds is 2. The molecule has 1 aliphatic carbocycles. The summed E-state index contributed by atoms with van der Waals surface area (Å²) in [5.74, 6) is 0.880. The van der Waals surface area contributed by atoms with Crippen LogP contribution in [0.1, 0.15) is 46.5 Å². The number of hydrogen-bond donors (Lipinski definition) is 1. The molecule has 1 saturated heterocycles. The first-order chi connectivity index (χ1) is 7.52. The lowest BCUT2D eigenvalue weighted by atomic mass is 9.91. The minimum Gasteiger partial charge on any atom is -0.316 e. The minimum absolute atomic E-state index is 0.566. The molecule has 2 nitrogen and oxygen atoms in total. The molecule has 94 valence electrons. The van der Waals surface area contributed by atoms with Crippen LogP contribution in [0.5, 0.6) is 0 Å². The number of nitrogens with one attached hydrogen (secondary N) is 1. The van der Waals surface area contributed by atoms with Gasteiger partial charge in [0.05, 0.1) is 0 Å². The molecule has 2 heteroatoms. The molecule has 0 radical (unpaired) electrons. The highest BCUT2D eigenvalue weighted by atomic mass is 15.2. The molecule has 1 N–H and O–H groups in total. The first kappa shape index (κ1) is 12.4. The lowest BCUT2D eigenvalue weighted by molar-refractivity contribution is 0.115. The largest absolute Gasteiger partial charge is 0.316 e. The Morgan fingerprint density at radius 1 is 1.25 bits per heavy atom. The Bertz CT molecular complexity index is 237. The zero-order chi connectivity index (χ0) is 11.8. The van der Waals surface area contributed by atoms with E-state index in [1.807, 2.05) is 0 Å². The lowest BCUT2D eigenvalue weighted by Crippen LogP contribution is -2.49. The van der Waals surface area contributed by atoms with E-state index < -0.39 is 0 Å². The number of nitrogens with zero attached hydrogens (tertiary/aromatic N) is 1. The molecule has 0 aromatic heterocycles. The summed E-state index contributed by atoms with van der Waals surface area (Å²) in [6, 6.07) is 1.57. The van der Waals surface area contributed by atoms with E-state index in [-0.39, 0.29) is 0 Å². The maximum absolute atomic E-state index is 3.45. The fourth-order valence-electron chi connectivity index (χ4n) is 3.89. The van der Waals surface area contributed by atoms with Gasteiger partial charge >= 0.3 is 0 Å². The van der Waals surface area contributed by atoms with Crippen molar-refractivity contribution in [2.24, 2.45) is 11.3 Å². The number of hydrogen-bond acceptors (Lipinski definition) is 2. The van der Waals surface area contributed by atoms with Crippen molar-refractivity contribution in [2.45, 2.75) is 58.5 Å². The molecule has 2 rings (SSSR count). The third-order valence-corrected chi connectivity index (χ3v) is 4.62. The molecule has 0 amide bonds. The van der Waals surface area contributed by atoms with Crippen molar-refractivity contribution in [1.29, 1.82) is 0 Å². The van der Waals surface area contributed by atoms with Crippen LogP contribution in [-0.2, 0) is 0 Å². The molecule has 3 unspecified atom stereocenters. The summed E-state index contributed by atoms with van der Waals surface area (Å²) >= 11 is 0. The van der Waals surface area contributed by atoms with Crippen LogP contribution >= 0.6 is 0 Å². The summed E-state index contributed by atoms with van der Waals surface area (Å²) in [5, 5.41) is 3.45. The smallest absolute Gasteiger partial charge is 0.0192 e. The summed E-state index contributed by atoms with van der Waals surface area (Å²) in [5.41, 5.74) is 0.566. The molecule has 0 aromatic carbocycles. The molecular formula is C14H28N2. The topological polar surface area (TPSA) is 15.3 Å². The van der Waals surface area contributed by atoms with Crippen LogP contribution in [-0.4, -0.2) is 37.1 Å². The van der Waals surface area contributed by atoms with Gasteiger partial charge in [0.1, 0.15) is 0 Å². The molecule has 0 bridgehead atoms. The Hall–Kier alpha value is -0.0800. The van der Waals surface area contributed by atoms with Crippen LogP contribution in [0.25, 0.3) is 0 Å². The second-order valence-electron chi connectivity index (χ2n) is 6.74. The van der Waals surface area contributed by atoms with Crippen LogP contribution in [0.15, 0.2) is 0 Å². The van der Waals surface area contributed by atoms with E-state index in [4.69, 9.17) is 0 Å². The highest BCUT2D eigenvalue weighted by molar-refractivity contribution is 4.94. The van der Waals surface area contributed by atoms with Crippen molar-refractivity contribution in [3.8, 4) is 0 Å². The Balaban J connectivity index is 1.97. The summed E-state index contributed by atoms with van der Waals surface area (Å²) < 4.78 is 0. The average Bonchev–Trinajstić information content (AvgIpc) is 2.52. The number of likely N-dealkylation sites (N-methyl/N-ethyl adjacent to an activating group) is 1. The van der Waals surface area contributed by atoms with E-state index in [2.05, 4.69) is 38.0 Å². The fraction of sp³-hybridized carbons (Fsp3) is 1.00. The van der Waals surface area contributed by atoms with Gasteiger partial charge in [-0.15, -0.1) is 0 Å². The van der Waals surface area contributed by atoms with Crippen molar-refractivity contribution < 1.29 is 0 Å². The van der Waals surface area contributed by atoms with Crippen LogP contribution in [0.2, 0.25) is 0 Å². The van der Waals surface area contributed by atoms with Gasteiger partial charge in [0.15, 0.2) is 0 Å². The van der Waals surface area contributed by atoms with Crippen molar-refractivity contribution in [1.82, 2.24) is 10.2 Å². The Labute approximate surface area is 101 Å². The third-order valence-electron chi connectivity index (χ3n) is 4.62. The molecule has 1 heterocycles. The van der Waals surface area contributed by atoms with E-state index in [0.717, 1.165) is 18.0 Å². The second kappa shape index (κ2) is 4.66. The number of piperidine rings is 1. The Morgan fingerprint density at radius 2 is 2.00 bits per heavy atom. The molecule has 1 aliphatic heterocycles. The van der Waals surface area contributed by atoms with Gasteiger partial charge in [0.25, 0.3) is 0 Å². The molecule has 0 spiro atoms. The van der Waals surface area contributed by atoms with Crippen molar-refractivity contribution in [3.05, 3.63) is 0 Å². The van der Waals surface area contributed by atoms with Gasteiger partial charge < -0.3 is 5.32 Å². The molecule has 3 atom stereocenters. The normalized spacial score (nSPS) is 40.1. The quantitative estimate of drug-likeness (QED) is 0.775. The number of likely N-dealkylation sites (tertiary alicyclic amines) is 1. The van der Waals surface area contributed by atoms with E-state index in [1.54, 1.807) is 0 Å². The third kappa shape index (κ3) is 2.60. The fourth-order valence-corrected chi connectivity index (χ4v) is 3.89.